The summed E-state index contributed by atoms with van der Waals surface area (Å²) in [5.41, 5.74) is 6.34. The first-order chi connectivity index (χ1) is 10.0. The zero-order valence-corrected chi connectivity index (χ0v) is 12.6. The quantitative estimate of drug-likeness (QED) is 0.749. The van der Waals surface area contributed by atoms with E-state index >= 15 is 0 Å². The van der Waals surface area contributed by atoms with Crippen LogP contribution in [0.3, 0.4) is 0 Å². The van der Waals surface area contributed by atoms with Gasteiger partial charge in [0.2, 0.25) is 11.8 Å². The number of rotatable bonds is 4. The zero-order chi connectivity index (χ0) is 15.4. The fourth-order valence-corrected chi connectivity index (χ4v) is 2.69. The molecule has 1 saturated heterocycles. The van der Waals surface area contributed by atoms with Gasteiger partial charge < -0.3 is 21.3 Å². The minimum Gasteiger partial charge on any atom is -0.366 e. The number of carbonyl (C=O) groups excluding carboxylic acids is 2. The van der Waals surface area contributed by atoms with Crippen LogP contribution in [0, 0.1) is 0 Å². The number of nitrogens with one attached hydrogen (secondary N) is 2. The van der Waals surface area contributed by atoms with E-state index in [1.54, 1.807) is 18.2 Å². The number of carbonyl (C=O) groups is 2. The van der Waals surface area contributed by atoms with Crippen LogP contribution in [0.25, 0.3) is 0 Å². The van der Waals surface area contributed by atoms with Gasteiger partial charge in [0.25, 0.3) is 0 Å². The van der Waals surface area contributed by atoms with Crippen molar-refractivity contribution in [2.75, 3.05) is 31.1 Å². The fourth-order valence-electron chi connectivity index (χ4n) is 2.42. The molecule has 1 heterocycles. The monoisotopic (exact) mass is 310 g/mol. The third-order valence-corrected chi connectivity index (χ3v) is 3.76. The molecule has 0 aromatic heterocycles. The Balaban J connectivity index is 2.27. The lowest BCUT2D eigenvalue weighted by Crippen LogP contribution is -2.58. The Hall–Kier alpha value is -1.79. The molecule has 4 N–H and O–H groups in total. The fraction of sp³-hybridized carbons (Fsp3) is 0.429. The summed E-state index contributed by atoms with van der Waals surface area (Å²) in [6, 6.07) is 4.74. The number of anilines is 1. The number of halogens is 1. The van der Waals surface area contributed by atoms with Crippen LogP contribution in [-0.2, 0) is 4.79 Å². The van der Waals surface area contributed by atoms with E-state index in [1.807, 2.05) is 11.8 Å². The van der Waals surface area contributed by atoms with Crippen molar-refractivity contribution in [3.05, 3.63) is 28.8 Å². The molecule has 1 fully saturated rings. The standard InChI is InChI=1S/C14H19ClN4O2/c1-2-18-14(21)12-8-17-5-6-19(12)9-3-4-10(13(16)20)11(15)7-9/h3-4,7,12,17H,2,5-6,8H2,1H3,(H2,16,20)(H,18,21). The molecule has 21 heavy (non-hydrogen) atoms. The Morgan fingerprint density at radius 2 is 2.29 bits per heavy atom. The Kier molecular flexibility index (Phi) is 5.03. The third kappa shape index (κ3) is 3.46. The first-order valence-electron chi connectivity index (χ1n) is 6.89. The highest BCUT2D eigenvalue weighted by atomic mass is 35.5. The maximum atomic E-state index is 12.1. The molecule has 6 nitrogen and oxygen atoms in total. The van der Waals surface area contributed by atoms with Gasteiger partial charge >= 0.3 is 0 Å². The Morgan fingerprint density at radius 1 is 1.52 bits per heavy atom. The van der Waals surface area contributed by atoms with Crippen LogP contribution in [0.15, 0.2) is 18.2 Å². The first-order valence-corrected chi connectivity index (χ1v) is 7.26. The minimum absolute atomic E-state index is 0.0280. The Bertz CT molecular complexity index is 550. The van der Waals surface area contributed by atoms with Crippen molar-refractivity contribution in [2.45, 2.75) is 13.0 Å². The van der Waals surface area contributed by atoms with Gasteiger partial charge in [0.05, 0.1) is 10.6 Å². The smallest absolute Gasteiger partial charge is 0.250 e. The van der Waals surface area contributed by atoms with Gasteiger partial charge in [-0.1, -0.05) is 11.6 Å². The molecule has 1 aliphatic rings. The largest absolute Gasteiger partial charge is 0.366 e. The van der Waals surface area contributed by atoms with Gasteiger partial charge in [0.15, 0.2) is 0 Å². The summed E-state index contributed by atoms with van der Waals surface area (Å²) >= 11 is 6.09. The number of amides is 2. The van der Waals surface area contributed by atoms with Crippen molar-refractivity contribution in [1.29, 1.82) is 0 Å². The van der Waals surface area contributed by atoms with E-state index in [4.69, 9.17) is 17.3 Å². The molecule has 114 valence electrons. The van der Waals surface area contributed by atoms with Crippen LogP contribution in [0.5, 0.6) is 0 Å². The van der Waals surface area contributed by atoms with Crippen molar-refractivity contribution in [3.8, 4) is 0 Å². The van der Waals surface area contributed by atoms with Crippen LogP contribution in [0.1, 0.15) is 17.3 Å². The van der Waals surface area contributed by atoms with Gasteiger partial charge in [-0.2, -0.15) is 0 Å². The molecule has 2 rings (SSSR count). The SMILES string of the molecule is CCNC(=O)C1CNCCN1c1ccc(C(N)=O)c(Cl)c1. The molecule has 0 radical (unpaired) electrons. The highest BCUT2D eigenvalue weighted by Crippen LogP contribution is 2.25. The second-order valence-electron chi connectivity index (χ2n) is 4.84. The first kappa shape index (κ1) is 15.6. The molecular formula is C14H19ClN4O2. The summed E-state index contributed by atoms with van der Waals surface area (Å²) in [5, 5.41) is 6.34. The molecule has 1 aromatic rings. The van der Waals surface area contributed by atoms with Gasteiger partial charge in [0.1, 0.15) is 6.04 Å². The van der Waals surface area contributed by atoms with Crippen LogP contribution in [0.2, 0.25) is 5.02 Å². The molecule has 0 bridgehead atoms. The highest BCUT2D eigenvalue weighted by molar-refractivity contribution is 6.34. The summed E-state index contributed by atoms with van der Waals surface area (Å²) in [6.45, 7) is 4.52. The molecule has 1 unspecified atom stereocenters. The van der Waals surface area contributed by atoms with Crippen LogP contribution in [-0.4, -0.2) is 44.0 Å². The number of hydrogen-bond donors (Lipinski definition) is 3. The molecule has 0 aliphatic carbocycles. The van der Waals surface area contributed by atoms with E-state index in [-0.39, 0.29) is 17.5 Å². The van der Waals surface area contributed by atoms with Gasteiger partial charge in [-0.05, 0) is 25.1 Å². The lowest BCUT2D eigenvalue weighted by molar-refractivity contribution is -0.122. The molecule has 0 saturated carbocycles. The number of piperazine rings is 1. The number of nitrogens with two attached hydrogens (primary N) is 1. The maximum Gasteiger partial charge on any atom is 0.250 e. The average molecular weight is 311 g/mol. The van der Waals surface area contributed by atoms with Gasteiger partial charge in [0, 0.05) is 31.9 Å². The maximum absolute atomic E-state index is 12.1. The molecule has 1 aliphatic heterocycles. The third-order valence-electron chi connectivity index (χ3n) is 3.45. The van der Waals surface area contributed by atoms with Gasteiger partial charge in [-0.25, -0.2) is 0 Å². The number of primary amides is 1. The van der Waals surface area contributed by atoms with E-state index in [2.05, 4.69) is 10.6 Å². The molecule has 7 heteroatoms. The normalized spacial score (nSPS) is 18.4. The van der Waals surface area contributed by atoms with E-state index in [0.717, 1.165) is 12.2 Å². The number of hydrogen-bond acceptors (Lipinski definition) is 4. The molecule has 1 atom stereocenters. The van der Waals surface area contributed by atoms with Crippen molar-refractivity contribution < 1.29 is 9.59 Å². The molecular weight excluding hydrogens is 292 g/mol. The van der Waals surface area contributed by atoms with Gasteiger partial charge in [-0.3, -0.25) is 9.59 Å². The highest BCUT2D eigenvalue weighted by Gasteiger charge is 2.28. The topological polar surface area (TPSA) is 87.5 Å². The van der Waals surface area contributed by atoms with E-state index in [1.165, 1.54) is 0 Å². The summed E-state index contributed by atoms with van der Waals surface area (Å²) in [7, 11) is 0. The second kappa shape index (κ2) is 6.78. The molecule has 1 aromatic carbocycles. The lowest BCUT2D eigenvalue weighted by Gasteiger charge is -2.37. The van der Waals surface area contributed by atoms with E-state index in [9.17, 15) is 9.59 Å². The number of nitrogens with zero attached hydrogens (tertiary/aromatic N) is 1. The molecule has 2 amide bonds. The molecule has 0 spiro atoms. The number of benzene rings is 1. The van der Waals surface area contributed by atoms with Crippen molar-refractivity contribution in [1.82, 2.24) is 10.6 Å². The lowest BCUT2D eigenvalue weighted by atomic mass is 10.1. The van der Waals surface area contributed by atoms with E-state index < -0.39 is 5.91 Å². The summed E-state index contributed by atoms with van der Waals surface area (Å²) in [4.78, 5) is 25.3. The minimum atomic E-state index is -0.563. The van der Waals surface area contributed by atoms with Crippen molar-refractivity contribution in [2.24, 2.45) is 5.73 Å². The van der Waals surface area contributed by atoms with Crippen LogP contribution < -0.4 is 21.3 Å². The number of likely N-dealkylation sites (N-methyl/N-ethyl adjacent to an activating group) is 1. The predicted octanol–water partition coefficient (Wildman–Crippen LogP) is 0.353. The summed E-state index contributed by atoms with van der Waals surface area (Å²) in [5.74, 6) is -0.591. The predicted molar refractivity (Wildman–Crippen MR) is 82.7 cm³/mol. The zero-order valence-electron chi connectivity index (χ0n) is 11.9. The van der Waals surface area contributed by atoms with Crippen molar-refractivity contribution in [3.63, 3.8) is 0 Å². The van der Waals surface area contributed by atoms with E-state index in [0.29, 0.717) is 24.7 Å². The second-order valence-corrected chi connectivity index (χ2v) is 5.24. The van der Waals surface area contributed by atoms with Crippen LogP contribution >= 0.6 is 11.6 Å². The Morgan fingerprint density at radius 3 is 2.90 bits per heavy atom. The summed E-state index contributed by atoms with van der Waals surface area (Å²) < 4.78 is 0. The average Bonchev–Trinajstić information content (AvgIpc) is 2.47. The van der Waals surface area contributed by atoms with Crippen molar-refractivity contribution >= 4 is 29.1 Å². The van der Waals surface area contributed by atoms with Crippen LogP contribution in [0.4, 0.5) is 5.69 Å². The van der Waals surface area contributed by atoms with Gasteiger partial charge in [-0.15, -0.1) is 0 Å². The summed E-state index contributed by atoms with van der Waals surface area (Å²) in [6.07, 6.45) is 0. The Labute approximate surface area is 128 Å².